The molecule has 0 radical (unpaired) electrons. The highest BCUT2D eigenvalue weighted by Crippen LogP contribution is 2.29. The number of hydrogen-bond donors (Lipinski definition) is 1. The summed E-state index contributed by atoms with van der Waals surface area (Å²) in [5, 5.41) is 15.6. The molecule has 0 aliphatic carbocycles. The van der Waals surface area contributed by atoms with E-state index in [1.54, 1.807) is 36.4 Å². The summed E-state index contributed by atoms with van der Waals surface area (Å²) in [5.74, 6) is -0.0380. The highest BCUT2D eigenvalue weighted by atomic mass is 35.5. The van der Waals surface area contributed by atoms with Gasteiger partial charge in [0.15, 0.2) is 0 Å². The van der Waals surface area contributed by atoms with Crippen molar-refractivity contribution in [1.82, 2.24) is 0 Å². The number of carbonyl (C=O) groups is 1. The molecule has 0 saturated carbocycles. The average molecular weight is 501 g/mol. The molecular weight excluding hydrogens is 479 g/mol. The number of rotatable bonds is 6. The maximum absolute atomic E-state index is 12.8. The van der Waals surface area contributed by atoms with Crippen LogP contribution in [-0.4, -0.2) is 5.91 Å². The number of ether oxygens (including phenoxy) is 1. The van der Waals surface area contributed by atoms with Crippen molar-refractivity contribution in [2.24, 2.45) is 0 Å². The quantitative estimate of drug-likeness (QED) is 0.216. The van der Waals surface area contributed by atoms with Crippen LogP contribution in [0, 0.1) is 25.2 Å². The molecule has 4 aromatic rings. The first-order valence-electron chi connectivity index (χ1n) is 10.9. The van der Waals surface area contributed by atoms with Gasteiger partial charge in [0.05, 0.1) is 0 Å². The van der Waals surface area contributed by atoms with Crippen LogP contribution in [0.3, 0.4) is 0 Å². The van der Waals surface area contributed by atoms with E-state index >= 15 is 0 Å². The van der Waals surface area contributed by atoms with Gasteiger partial charge in [0, 0.05) is 26.9 Å². The van der Waals surface area contributed by atoms with E-state index in [0.29, 0.717) is 33.7 Å². The van der Waals surface area contributed by atoms with Crippen LogP contribution in [0.4, 0.5) is 5.69 Å². The molecule has 0 unspecified atom stereocenters. The molecule has 0 spiro atoms. The van der Waals surface area contributed by atoms with Crippen LogP contribution in [0.5, 0.6) is 5.75 Å². The van der Waals surface area contributed by atoms with E-state index in [0.717, 1.165) is 27.5 Å². The molecule has 4 nitrogen and oxygen atoms in total. The van der Waals surface area contributed by atoms with Crippen molar-refractivity contribution >= 4 is 51.6 Å². The third-order valence-corrected chi connectivity index (χ3v) is 6.36. The molecule has 0 bridgehead atoms. The molecule has 0 heterocycles. The van der Waals surface area contributed by atoms with Crippen molar-refractivity contribution in [1.29, 1.82) is 5.26 Å². The van der Waals surface area contributed by atoms with Crippen LogP contribution in [0.1, 0.15) is 22.3 Å². The summed E-state index contributed by atoms with van der Waals surface area (Å²) in [6.07, 6.45) is 1.47. The molecule has 0 saturated heterocycles. The Hall–Kier alpha value is -3.78. The summed E-state index contributed by atoms with van der Waals surface area (Å²) < 4.78 is 6.18. The van der Waals surface area contributed by atoms with Crippen molar-refractivity contribution in [3.8, 4) is 11.8 Å². The van der Waals surface area contributed by atoms with Gasteiger partial charge in [-0.2, -0.15) is 5.26 Å². The molecule has 6 heteroatoms. The van der Waals surface area contributed by atoms with Crippen molar-refractivity contribution in [2.45, 2.75) is 20.5 Å². The first-order valence-corrected chi connectivity index (χ1v) is 11.7. The summed E-state index contributed by atoms with van der Waals surface area (Å²) in [5.41, 5.74) is 4.02. The molecule has 0 atom stereocenters. The summed E-state index contributed by atoms with van der Waals surface area (Å²) >= 11 is 12.4. The van der Waals surface area contributed by atoms with E-state index in [1.165, 1.54) is 6.08 Å². The maximum Gasteiger partial charge on any atom is 0.266 e. The molecule has 35 heavy (non-hydrogen) atoms. The third-order valence-electron chi connectivity index (χ3n) is 5.71. The smallest absolute Gasteiger partial charge is 0.266 e. The summed E-state index contributed by atoms with van der Waals surface area (Å²) in [7, 11) is 0. The number of amides is 1. The molecule has 4 aromatic carbocycles. The van der Waals surface area contributed by atoms with Crippen molar-refractivity contribution < 1.29 is 9.53 Å². The lowest BCUT2D eigenvalue weighted by atomic mass is 10.0. The van der Waals surface area contributed by atoms with Gasteiger partial charge in [0.2, 0.25) is 0 Å². The third kappa shape index (κ3) is 5.66. The first-order chi connectivity index (χ1) is 16.9. The number of nitriles is 1. The summed E-state index contributed by atoms with van der Waals surface area (Å²) in [6, 6.07) is 24.5. The fourth-order valence-corrected chi connectivity index (χ4v) is 4.08. The van der Waals surface area contributed by atoms with Gasteiger partial charge < -0.3 is 10.1 Å². The SMILES string of the molecule is Cc1ccc(NC(=O)/C(C#N)=C/c2cc(Cl)ccc2OCc2c(C)ccc3ccccc23)cc1Cl. The minimum absolute atomic E-state index is 0.0878. The normalized spacial score (nSPS) is 11.2. The highest BCUT2D eigenvalue weighted by molar-refractivity contribution is 6.31. The topological polar surface area (TPSA) is 62.1 Å². The van der Waals surface area contributed by atoms with Gasteiger partial charge in [-0.05, 0) is 72.2 Å². The number of benzene rings is 4. The van der Waals surface area contributed by atoms with Crippen molar-refractivity contribution in [3.05, 3.63) is 111 Å². The minimum atomic E-state index is -0.553. The van der Waals surface area contributed by atoms with Crippen LogP contribution >= 0.6 is 23.2 Å². The van der Waals surface area contributed by atoms with Gasteiger partial charge in [-0.15, -0.1) is 0 Å². The average Bonchev–Trinajstić information content (AvgIpc) is 2.85. The molecule has 0 aliphatic rings. The minimum Gasteiger partial charge on any atom is -0.488 e. The zero-order valence-electron chi connectivity index (χ0n) is 19.2. The summed E-state index contributed by atoms with van der Waals surface area (Å²) in [6.45, 7) is 4.24. The van der Waals surface area contributed by atoms with Gasteiger partial charge in [-0.25, -0.2) is 0 Å². The molecule has 1 amide bonds. The van der Waals surface area contributed by atoms with Gasteiger partial charge in [-0.3, -0.25) is 4.79 Å². The molecule has 174 valence electrons. The number of halogens is 2. The second kappa shape index (κ2) is 10.7. The lowest BCUT2D eigenvalue weighted by Gasteiger charge is -2.14. The monoisotopic (exact) mass is 500 g/mol. The number of fused-ring (bicyclic) bond motifs is 1. The van der Waals surface area contributed by atoms with Gasteiger partial charge in [-0.1, -0.05) is 65.7 Å². The molecule has 1 N–H and O–H groups in total. The lowest BCUT2D eigenvalue weighted by Crippen LogP contribution is -2.13. The van der Waals surface area contributed by atoms with Gasteiger partial charge in [0.25, 0.3) is 5.91 Å². The molecule has 0 aliphatic heterocycles. The van der Waals surface area contributed by atoms with Crippen LogP contribution in [0.15, 0.2) is 78.4 Å². The number of anilines is 1. The van der Waals surface area contributed by atoms with Crippen molar-refractivity contribution in [2.75, 3.05) is 5.32 Å². The van der Waals surface area contributed by atoms with Crippen LogP contribution in [-0.2, 0) is 11.4 Å². The summed E-state index contributed by atoms with van der Waals surface area (Å²) in [4.78, 5) is 12.8. The lowest BCUT2D eigenvalue weighted by molar-refractivity contribution is -0.112. The van der Waals surface area contributed by atoms with E-state index in [2.05, 4.69) is 29.6 Å². The molecule has 0 fully saturated rings. The highest BCUT2D eigenvalue weighted by Gasteiger charge is 2.14. The van der Waals surface area contributed by atoms with Crippen molar-refractivity contribution in [3.63, 3.8) is 0 Å². The van der Waals surface area contributed by atoms with Gasteiger partial charge in [0.1, 0.15) is 24.0 Å². The van der Waals surface area contributed by atoms with Crippen LogP contribution in [0.2, 0.25) is 10.0 Å². The Morgan fingerprint density at radius 1 is 1.00 bits per heavy atom. The van der Waals surface area contributed by atoms with E-state index in [9.17, 15) is 10.1 Å². The van der Waals surface area contributed by atoms with E-state index in [4.69, 9.17) is 27.9 Å². The Kier molecular flexibility index (Phi) is 7.41. The Labute approximate surface area is 214 Å². The van der Waals surface area contributed by atoms with E-state index < -0.39 is 5.91 Å². The number of nitrogens with zero attached hydrogens (tertiary/aromatic N) is 1. The largest absolute Gasteiger partial charge is 0.488 e. The van der Waals surface area contributed by atoms with E-state index in [1.807, 2.05) is 32.0 Å². The number of hydrogen-bond acceptors (Lipinski definition) is 3. The molecular formula is C29H22Cl2N2O2. The van der Waals surface area contributed by atoms with Crippen LogP contribution in [0.25, 0.3) is 16.8 Å². The predicted molar refractivity (Wildman–Crippen MR) is 143 cm³/mol. The second-order valence-corrected chi connectivity index (χ2v) is 8.98. The Morgan fingerprint density at radius 2 is 1.77 bits per heavy atom. The molecule has 4 rings (SSSR count). The standard InChI is InChI=1S/C29H22Cl2N2O2/c1-18-7-9-20-5-3-4-6-25(20)26(18)17-35-28-12-10-23(30)14-21(28)13-22(16-32)29(34)33-24-11-8-19(2)27(31)15-24/h3-15H,17H2,1-2H3,(H,33,34)/b22-13+. The zero-order valence-corrected chi connectivity index (χ0v) is 20.7. The molecule has 0 aromatic heterocycles. The number of aryl methyl sites for hydroxylation is 2. The number of nitrogens with one attached hydrogen (secondary N) is 1. The Balaban J connectivity index is 1.61. The van der Waals surface area contributed by atoms with E-state index in [-0.39, 0.29) is 5.57 Å². The predicted octanol–water partition coefficient (Wildman–Crippen LogP) is 7.89. The van der Waals surface area contributed by atoms with Gasteiger partial charge >= 0.3 is 0 Å². The fourth-order valence-electron chi connectivity index (χ4n) is 3.72. The first kappa shape index (κ1) is 24.3. The number of carbonyl (C=O) groups excluding carboxylic acids is 1. The fraction of sp³-hybridized carbons (Fsp3) is 0.103. The second-order valence-electron chi connectivity index (χ2n) is 8.14. The van der Waals surface area contributed by atoms with Crippen LogP contribution < -0.4 is 10.1 Å². The Morgan fingerprint density at radius 3 is 2.54 bits per heavy atom. The zero-order chi connectivity index (χ0) is 24.9. The maximum atomic E-state index is 12.8. The Bertz CT molecular complexity index is 1500.